The molecule has 1 fully saturated rings. The Labute approximate surface area is 146 Å². The summed E-state index contributed by atoms with van der Waals surface area (Å²) in [6, 6.07) is 11.7. The normalized spacial score (nSPS) is 14.7. The first-order valence-electron chi connectivity index (χ1n) is 7.37. The predicted octanol–water partition coefficient (Wildman–Crippen LogP) is 3.99. The number of para-hydroxylation sites is 1. The first-order valence-corrected chi connectivity index (χ1v) is 8.56. The van der Waals surface area contributed by atoms with Crippen LogP contribution < -0.4 is 4.74 Å². The maximum absolute atomic E-state index is 13.6. The molecule has 0 spiro atoms. The summed E-state index contributed by atoms with van der Waals surface area (Å²) in [5, 5.41) is 0.959. The van der Waals surface area contributed by atoms with Crippen LogP contribution >= 0.6 is 22.9 Å². The van der Waals surface area contributed by atoms with Gasteiger partial charge in [-0.1, -0.05) is 35.1 Å². The van der Waals surface area contributed by atoms with Crippen LogP contribution in [-0.2, 0) is 0 Å². The first-order chi connectivity index (χ1) is 11.6. The van der Waals surface area contributed by atoms with Crippen LogP contribution in [-0.4, -0.2) is 35.0 Å². The molecule has 1 amide bonds. The largest absolute Gasteiger partial charge is 0.463 e. The first kappa shape index (κ1) is 15.4. The Kier molecular flexibility index (Phi) is 3.86. The van der Waals surface area contributed by atoms with Crippen molar-refractivity contribution < 1.29 is 13.9 Å². The molecule has 0 aliphatic carbocycles. The van der Waals surface area contributed by atoms with Gasteiger partial charge in [-0.3, -0.25) is 4.79 Å². The van der Waals surface area contributed by atoms with Gasteiger partial charge in [0.1, 0.15) is 17.4 Å². The number of carbonyl (C=O) groups excluding carboxylic acids is 1. The number of amides is 1. The zero-order chi connectivity index (χ0) is 16.7. The van der Waals surface area contributed by atoms with Gasteiger partial charge in [-0.2, -0.15) is 4.98 Å². The van der Waals surface area contributed by atoms with Gasteiger partial charge in [0.05, 0.1) is 17.8 Å². The molecular formula is C17H12ClFN2O2S. The summed E-state index contributed by atoms with van der Waals surface area (Å²) in [6.07, 6.45) is -0.128. The molecule has 2 aromatic carbocycles. The van der Waals surface area contributed by atoms with Crippen LogP contribution in [0.25, 0.3) is 10.2 Å². The van der Waals surface area contributed by atoms with Crippen LogP contribution in [0.1, 0.15) is 10.4 Å². The number of likely N-dealkylation sites (tertiary alicyclic amines) is 1. The molecule has 1 aliphatic rings. The standard InChI is InChI=1S/C17H12ClFN2O2S/c18-11-4-1-3-10(7-11)16(22)21-8-12(9-21)23-17-20-15-13(19)5-2-6-14(15)24-17/h1-7,12H,8-9H2. The highest BCUT2D eigenvalue weighted by atomic mass is 35.5. The topological polar surface area (TPSA) is 42.4 Å². The molecule has 122 valence electrons. The fourth-order valence-corrected chi connectivity index (χ4v) is 3.66. The SMILES string of the molecule is O=C(c1cccc(Cl)c1)N1CC(Oc2nc3c(F)cccc3s2)C1. The lowest BCUT2D eigenvalue weighted by atomic mass is 10.1. The van der Waals surface area contributed by atoms with Crippen molar-refractivity contribution >= 4 is 39.1 Å². The number of rotatable bonds is 3. The van der Waals surface area contributed by atoms with E-state index in [2.05, 4.69) is 4.98 Å². The van der Waals surface area contributed by atoms with E-state index in [0.29, 0.717) is 34.4 Å². The van der Waals surface area contributed by atoms with E-state index in [-0.39, 0.29) is 17.8 Å². The molecule has 1 aromatic heterocycles. The molecule has 0 bridgehead atoms. The lowest BCUT2D eigenvalue weighted by Crippen LogP contribution is -2.56. The van der Waals surface area contributed by atoms with Gasteiger partial charge < -0.3 is 9.64 Å². The molecule has 0 atom stereocenters. The van der Waals surface area contributed by atoms with Crippen LogP contribution in [0, 0.1) is 5.82 Å². The number of aromatic nitrogens is 1. The Bertz CT molecular complexity index is 924. The fourth-order valence-electron chi connectivity index (χ4n) is 2.57. The molecule has 4 nitrogen and oxygen atoms in total. The summed E-state index contributed by atoms with van der Waals surface area (Å²) in [5.74, 6) is -0.433. The second kappa shape index (κ2) is 6.03. The van der Waals surface area contributed by atoms with Crippen LogP contribution in [0.3, 0.4) is 0 Å². The fraction of sp³-hybridized carbons (Fsp3) is 0.176. The number of fused-ring (bicyclic) bond motifs is 1. The third kappa shape index (κ3) is 2.83. The summed E-state index contributed by atoms with van der Waals surface area (Å²) in [7, 11) is 0. The summed E-state index contributed by atoms with van der Waals surface area (Å²) in [5.41, 5.74) is 0.881. The highest BCUT2D eigenvalue weighted by Crippen LogP contribution is 2.31. The highest BCUT2D eigenvalue weighted by molar-refractivity contribution is 7.20. The Morgan fingerprint density at radius 2 is 2.08 bits per heavy atom. The Balaban J connectivity index is 1.40. The number of ether oxygens (including phenoxy) is 1. The number of halogens is 2. The second-order valence-electron chi connectivity index (χ2n) is 5.53. The molecule has 0 radical (unpaired) electrons. The average Bonchev–Trinajstić information content (AvgIpc) is 2.94. The van der Waals surface area contributed by atoms with Gasteiger partial charge in [0, 0.05) is 10.6 Å². The average molecular weight is 363 g/mol. The van der Waals surface area contributed by atoms with Crippen molar-refractivity contribution in [1.82, 2.24) is 9.88 Å². The Hall–Kier alpha value is -2.18. The summed E-state index contributed by atoms with van der Waals surface area (Å²) in [6.45, 7) is 0.952. The third-order valence-corrected chi connectivity index (χ3v) is 4.97. The molecular weight excluding hydrogens is 351 g/mol. The van der Waals surface area contributed by atoms with Gasteiger partial charge >= 0.3 is 0 Å². The number of hydrogen-bond donors (Lipinski definition) is 0. The summed E-state index contributed by atoms with van der Waals surface area (Å²) < 4.78 is 20.1. The van der Waals surface area contributed by atoms with Crippen molar-refractivity contribution in [2.75, 3.05) is 13.1 Å². The van der Waals surface area contributed by atoms with E-state index in [4.69, 9.17) is 16.3 Å². The maximum Gasteiger partial charge on any atom is 0.274 e. The number of thiazole rings is 1. The van der Waals surface area contributed by atoms with Crippen molar-refractivity contribution in [3.63, 3.8) is 0 Å². The highest BCUT2D eigenvalue weighted by Gasteiger charge is 2.33. The second-order valence-corrected chi connectivity index (χ2v) is 6.96. The van der Waals surface area contributed by atoms with E-state index in [0.717, 1.165) is 4.70 Å². The van der Waals surface area contributed by atoms with Gasteiger partial charge in [-0.15, -0.1) is 0 Å². The van der Waals surface area contributed by atoms with Crippen LogP contribution in [0.5, 0.6) is 5.19 Å². The number of carbonyl (C=O) groups is 1. The van der Waals surface area contributed by atoms with E-state index in [9.17, 15) is 9.18 Å². The summed E-state index contributed by atoms with van der Waals surface area (Å²) in [4.78, 5) is 18.2. The minimum Gasteiger partial charge on any atom is -0.463 e. The molecule has 1 saturated heterocycles. The minimum atomic E-state index is -0.357. The van der Waals surface area contributed by atoms with Crippen molar-refractivity contribution in [2.45, 2.75) is 6.10 Å². The van der Waals surface area contributed by atoms with Crippen LogP contribution in [0.2, 0.25) is 5.02 Å². The number of nitrogens with zero attached hydrogens (tertiary/aromatic N) is 2. The number of benzene rings is 2. The number of hydrogen-bond acceptors (Lipinski definition) is 4. The molecule has 7 heteroatoms. The van der Waals surface area contributed by atoms with E-state index >= 15 is 0 Å². The van der Waals surface area contributed by atoms with Crippen LogP contribution in [0.15, 0.2) is 42.5 Å². The van der Waals surface area contributed by atoms with Gasteiger partial charge in [-0.25, -0.2) is 4.39 Å². The predicted molar refractivity (Wildman–Crippen MR) is 91.3 cm³/mol. The maximum atomic E-state index is 13.6. The van der Waals surface area contributed by atoms with Gasteiger partial charge in [0.25, 0.3) is 11.1 Å². The molecule has 0 unspecified atom stereocenters. The molecule has 0 N–H and O–H groups in total. The summed E-state index contributed by atoms with van der Waals surface area (Å²) >= 11 is 7.21. The lowest BCUT2D eigenvalue weighted by Gasteiger charge is -2.38. The van der Waals surface area contributed by atoms with Crippen molar-refractivity contribution in [3.8, 4) is 5.19 Å². The van der Waals surface area contributed by atoms with Gasteiger partial charge in [0.2, 0.25) is 0 Å². The van der Waals surface area contributed by atoms with Crippen molar-refractivity contribution in [3.05, 3.63) is 58.9 Å². The molecule has 1 aliphatic heterocycles. The van der Waals surface area contributed by atoms with E-state index in [1.54, 1.807) is 41.3 Å². The van der Waals surface area contributed by atoms with E-state index < -0.39 is 0 Å². The smallest absolute Gasteiger partial charge is 0.274 e. The Morgan fingerprint density at radius 1 is 1.29 bits per heavy atom. The quantitative estimate of drug-likeness (QED) is 0.707. The lowest BCUT2D eigenvalue weighted by molar-refractivity contribution is 0.0178. The third-order valence-electron chi connectivity index (χ3n) is 3.82. The van der Waals surface area contributed by atoms with E-state index in [1.807, 2.05) is 0 Å². The van der Waals surface area contributed by atoms with Crippen molar-refractivity contribution in [1.29, 1.82) is 0 Å². The zero-order valence-electron chi connectivity index (χ0n) is 12.4. The van der Waals surface area contributed by atoms with Gasteiger partial charge in [-0.05, 0) is 30.3 Å². The molecule has 3 aromatic rings. The van der Waals surface area contributed by atoms with Gasteiger partial charge in [0.15, 0.2) is 0 Å². The van der Waals surface area contributed by atoms with E-state index in [1.165, 1.54) is 17.4 Å². The zero-order valence-corrected chi connectivity index (χ0v) is 14.0. The van der Waals surface area contributed by atoms with Crippen molar-refractivity contribution in [2.24, 2.45) is 0 Å². The molecule has 24 heavy (non-hydrogen) atoms. The molecule has 2 heterocycles. The van der Waals surface area contributed by atoms with Crippen LogP contribution in [0.4, 0.5) is 4.39 Å². The molecule has 4 rings (SSSR count). The monoisotopic (exact) mass is 362 g/mol. The minimum absolute atomic E-state index is 0.0762. The Morgan fingerprint density at radius 3 is 2.83 bits per heavy atom. The molecule has 0 saturated carbocycles.